The average Bonchev–Trinajstić information content (AvgIpc) is 0.822. The number of rotatable bonds is 24. The van der Waals surface area contributed by atoms with Crippen molar-refractivity contribution in [1.29, 1.82) is 0 Å². The van der Waals surface area contributed by atoms with Crippen molar-refractivity contribution in [2.75, 3.05) is 0 Å². The molecule has 0 heterocycles. The molecule has 0 N–H and O–H groups in total. The van der Waals surface area contributed by atoms with Crippen molar-refractivity contribution >= 4 is 65.4 Å². The Kier molecular flexibility index (Phi) is 28.3. The van der Waals surface area contributed by atoms with E-state index in [1.807, 2.05) is 0 Å². The Hall–Kier alpha value is -12.5. The molecule has 18 aromatic carbocycles. The van der Waals surface area contributed by atoms with Crippen LogP contribution in [0.2, 0.25) is 0 Å². The second kappa shape index (κ2) is 41.4. The van der Waals surface area contributed by atoms with Crippen LogP contribution in [-0.2, 0) is 65.4 Å². The summed E-state index contributed by atoms with van der Waals surface area (Å²) in [6, 6.07) is 169. The molecular formula is C114H96O3S6+6. The number of hydrogen-bond donors (Lipinski definition) is 0. The van der Waals surface area contributed by atoms with Crippen molar-refractivity contribution in [3.8, 4) is 34.5 Å². The lowest BCUT2D eigenvalue weighted by Crippen LogP contribution is -2.05. The molecule has 2 atom stereocenters. The monoisotopic (exact) mass is 1700 g/mol. The molecule has 0 radical (unpaired) electrons. The van der Waals surface area contributed by atoms with Gasteiger partial charge in [-0.3, -0.25) is 0 Å². The predicted octanol–water partition coefficient (Wildman–Crippen LogP) is 30.9. The van der Waals surface area contributed by atoms with E-state index in [2.05, 4.69) is 515 Å². The number of hydrogen-bond acceptors (Lipinski definition) is 3. The SMILES string of the molecule is Cc1ccc([S+](c2ccc(C)cc2)c2ccc(Oc3ccc([S+](c4ccc(C)cc4)c4ccc(C)cc4)cc3)cc2)cc1.Cc1ccc([S+](c2ccccc2)c2ccc(Oc3ccc([S+](c4ccccc4)c4ccc(C)cc4)cc3)cc2)cc1.c1ccc([S+](c2ccccc2)c2ccc(Oc3ccc([S+](c4ccccc4)c4ccccc4)cc3)cc2)cc1. The third-order valence-electron chi connectivity index (χ3n) is 20.5. The van der Waals surface area contributed by atoms with E-state index in [0.717, 1.165) is 34.5 Å². The van der Waals surface area contributed by atoms with E-state index in [1.54, 1.807) is 0 Å². The number of ether oxygens (including phenoxy) is 3. The van der Waals surface area contributed by atoms with Gasteiger partial charge in [0.05, 0.1) is 65.4 Å². The van der Waals surface area contributed by atoms with Crippen LogP contribution in [0.15, 0.2) is 561 Å². The van der Waals surface area contributed by atoms with E-state index in [9.17, 15) is 0 Å². The summed E-state index contributed by atoms with van der Waals surface area (Å²) in [5, 5.41) is 0. The first-order valence-electron chi connectivity index (χ1n) is 41.2. The van der Waals surface area contributed by atoms with Crippen LogP contribution in [0.25, 0.3) is 0 Å². The van der Waals surface area contributed by atoms with E-state index in [0.29, 0.717) is 0 Å². The molecular weight excluding hydrogens is 1610 g/mol. The highest BCUT2D eigenvalue weighted by atomic mass is 32.2. The van der Waals surface area contributed by atoms with E-state index in [-0.39, 0.29) is 65.4 Å². The molecule has 0 fully saturated rings. The summed E-state index contributed by atoms with van der Waals surface area (Å²) in [5.41, 5.74) is 7.64. The van der Waals surface area contributed by atoms with E-state index >= 15 is 0 Å². The Morgan fingerprint density at radius 1 is 0.106 bits per heavy atom. The fraction of sp³-hybridized carbons (Fsp3) is 0.0526. The lowest BCUT2D eigenvalue weighted by molar-refractivity contribution is 0.481. The fourth-order valence-electron chi connectivity index (χ4n) is 14.1. The van der Waals surface area contributed by atoms with Gasteiger partial charge in [-0.15, -0.1) is 0 Å². The van der Waals surface area contributed by atoms with Crippen molar-refractivity contribution in [2.24, 2.45) is 0 Å². The van der Waals surface area contributed by atoms with Gasteiger partial charge < -0.3 is 14.2 Å². The van der Waals surface area contributed by atoms with Crippen molar-refractivity contribution in [3.05, 3.63) is 507 Å². The molecule has 0 aliphatic heterocycles. The molecule has 0 saturated carbocycles. The van der Waals surface area contributed by atoms with E-state index in [4.69, 9.17) is 14.2 Å². The summed E-state index contributed by atoms with van der Waals surface area (Å²) in [5.74, 6) is 5.01. The molecule has 0 amide bonds. The normalized spacial score (nSPS) is 11.6. The average molecular weight is 1710 g/mol. The minimum Gasteiger partial charge on any atom is -0.457 e. The van der Waals surface area contributed by atoms with Gasteiger partial charge in [0.2, 0.25) is 0 Å². The maximum Gasteiger partial charge on any atom is 0.166 e. The van der Waals surface area contributed by atoms with E-state index < -0.39 is 0 Å². The molecule has 600 valence electrons. The molecule has 0 aliphatic carbocycles. The van der Waals surface area contributed by atoms with Gasteiger partial charge in [-0.1, -0.05) is 215 Å². The Morgan fingerprint density at radius 2 is 0.195 bits per heavy atom. The zero-order valence-electron chi connectivity index (χ0n) is 69.7. The third-order valence-corrected chi connectivity index (χ3v) is 33.9. The smallest absolute Gasteiger partial charge is 0.166 e. The lowest BCUT2D eigenvalue weighted by atomic mass is 10.2. The highest BCUT2D eigenvalue weighted by Gasteiger charge is 2.35. The van der Waals surface area contributed by atoms with Crippen LogP contribution in [-0.4, -0.2) is 0 Å². The van der Waals surface area contributed by atoms with Gasteiger partial charge in [0, 0.05) is 0 Å². The first-order valence-corrected chi connectivity index (χ1v) is 48.6. The molecule has 0 spiro atoms. The van der Waals surface area contributed by atoms with Gasteiger partial charge in [0.1, 0.15) is 34.5 Å². The van der Waals surface area contributed by atoms with Gasteiger partial charge >= 0.3 is 0 Å². The summed E-state index contributed by atoms with van der Waals surface area (Å²) in [4.78, 5) is 23.4. The Morgan fingerprint density at radius 3 is 0.301 bits per heavy atom. The number of benzene rings is 18. The summed E-state index contributed by atoms with van der Waals surface area (Å²) >= 11 is 0. The van der Waals surface area contributed by atoms with Crippen LogP contribution in [0.4, 0.5) is 0 Å². The largest absolute Gasteiger partial charge is 0.457 e. The van der Waals surface area contributed by atoms with Crippen molar-refractivity contribution in [2.45, 2.75) is 130 Å². The fourth-order valence-corrected chi connectivity index (χ4v) is 26.5. The van der Waals surface area contributed by atoms with Crippen LogP contribution >= 0.6 is 0 Å². The second-order valence-corrected chi connectivity index (χ2v) is 41.9. The summed E-state index contributed by atoms with van der Waals surface area (Å²) < 4.78 is 18.9. The van der Waals surface area contributed by atoms with Crippen molar-refractivity contribution in [3.63, 3.8) is 0 Å². The first-order chi connectivity index (χ1) is 60.4. The zero-order valence-corrected chi connectivity index (χ0v) is 74.6. The molecule has 18 rings (SSSR count). The highest BCUT2D eigenvalue weighted by molar-refractivity contribution is 7.98. The van der Waals surface area contributed by atoms with Crippen molar-refractivity contribution in [1.82, 2.24) is 0 Å². The molecule has 0 aromatic heterocycles. The molecule has 2 unspecified atom stereocenters. The third kappa shape index (κ3) is 22.0. The standard InChI is InChI=1S/C40H36OS2.C38H32OS2.C36H28OS2/c1-29-5-17-35(18-6-29)42(36-19-7-30(2)8-20-36)39-25-13-33(14-26-39)41-34-15-27-40(28-16-34)43(37-21-9-31(3)10-22-37)38-23-11-32(4)12-24-38;1-29-13-21-35(22-14-29)40(33-9-5-3-6-10-33)37-25-17-31(18-26-37)39-32-19-27-38(28-20-32)41(34-11-7-4-8-12-34)36-23-15-30(2)16-24-36;1-5-13-31(14-6-1)38(32-15-7-2-8-16-32)35-25-21-29(22-26-35)37-30-23-27-36(28-24-30)39(33-17-9-3-10-18-33)34-19-11-4-12-20-34/h5-28H,1-4H3;3-28H,1-2H3;1-28H/q3*+2. The minimum atomic E-state index is -0.189. The predicted molar refractivity (Wildman–Crippen MR) is 518 cm³/mol. The van der Waals surface area contributed by atoms with Crippen LogP contribution in [0.3, 0.4) is 0 Å². The van der Waals surface area contributed by atoms with Gasteiger partial charge in [-0.2, -0.15) is 0 Å². The Labute approximate surface area is 743 Å². The summed E-state index contributed by atoms with van der Waals surface area (Å²) in [6.45, 7) is 12.8. The molecule has 123 heavy (non-hydrogen) atoms. The van der Waals surface area contributed by atoms with Crippen molar-refractivity contribution < 1.29 is 14.2 Å². The molecule has 0 aliphatic rings. The van der Waals surface area contributed by atoms with Crippen LogP contribution < -0.4 is 14.2 Å². The summed E-state index contributed by atoms with van der Waals surface area (Å²) in [7, 11) is -1.07. The Balaban J connectivity index is 0.000000137. The van der Waals surface area contributed by atoms with Gasteiger partial charge in [-0.25, -0.2) is 0 Å². The van der Waals surface area contributed by atoms with Crippen LogP contribution in [0.5, 0.6) is 34.5 Å². The Bertz CT molecular complexity index is 5730. The molecule has 0 bridgehead atoms. The summed E-state index contributed by atoms with van der Waals surface area (Å²) in [6.07, 6.45) is 0. The first kappa shape index (κ1) is 84.1. The molecule has 0 saturated heterocycles. The zero-order chi connectivity index (χ0) is 84.1. The lowest BCUT2D eigenvalue weighted by Gasteiger charge is -2.11. The quantitative estimate of drug-likeness (QED) is 0.0564. The minimum absolute atomic E-state index is 0.169. The van der Waals surface area contributed by atoms with Crippen LogP contribution in [0.1, 0.15) is 33.4 Å². The highest BCUT2D eigenvalue weighted by Crippen LogP contribution is 2.41. The molecule has 9 heteroatoms. The molecule has 18 aromatic rings. The van der Waals surface area contributed by atoms with Gasteiger partial charge in [0.15, 0.2) is 88.1 Å². The van der Waals surface area contributed by atoms with Gasteiger partial charge in [-0.05, 0) is 333 Å². The maximum atomic E-state index is 6.34. The van der Waals surface area contributed by atoms with E-state index in [1.165, 1.54) is 121 Å². The topological polar surface area (TPSA) is 27.7 Å². The molecule has 3 nitrogen and oxygen atoms in total. The van der Waals surface area contributed by atoms with Gasteiger partial charge in [0.25, 0.3) is 0 Å². The second-order valence-electron chi connectivity index (χ2n) is 29.7. The maximum absolute atomic E-state index is 6.34. The van der Waals surface area contributed by atoms with Crippen LogP contribution in [0, 0.1) is 41.5 Å². The number of aryl methyl sites for hydroxylation is 6.